The minimum absolute atomic E-state index is 0.117. The van der Waals surface area contributed by atoms with Gasteiger partial charge in [0.25, 0.3) is 0 Å². The number of carbonyl (C=O) groups excluding carboxylic acids is 1. The second-order valence-electron chi connectivity index (χ2n) is 7.40. The topological polar surface area (TPSA) is 53.2 Å². The summed E-state index contributed by atoms with van der Waals surface area (Å²) in [6.07, 6.45) is 14.7. The van der Waals surface area contributed by atoms with Gasteiger partial charge in [-0.2, -0.15) is 11.8 Å². The Bertz CT molecular complexity index is 621. The first-order chi connectivity index (χ1) is 12.4. The maximum Gasteiger partial charge on any atom is 0.318 e. The summed E-state index contributed by atoms with van der Waals surface area (Å²) in [5.74, 6) is 0. The molecule has 3 N–H and O–H groups in total. The van der Waals surface area contributed by atoms with Gasteiger partial charge in [0.1, 0.15) is 0 Å². The van der Waals surface area contributed by atoms with Gasteiger partial charge in [0, 0.05) is 35.7 Å². The van der Waals surface area contributed by atoms with Crippen molar-refractivity contribution in [3.8, 4) is 0 Å². The lowest BCUT2D eigenvalue weighted by molar-refractivity contribution is 0.242. The van der Waals surface area contributed by atoms with Crippen LogP contribution in [0.3, 0.4) is 0 Å². The average molecular weight is 376 g/mol. The molecule has 2 aliphatic rings. The van der Waals surface area contributed by atoms with Gasteiger partial charge in [-0.1, -0.05) is 37.3 Å². The highest BCUT2D eigenvalue weighted by atomic mass is 32.2. The van der Waals surface area contributed by atoms with Crippen molar-refractivity contribution in [2.75, 3.05) is 19.3 Å². The van der Waals surface area contributed by atoms with Crippen LogP contribution in [0.1, 0.15) is 52.4 Å². The highest BCUT2D eigenvalue weighted by molar-refractivity contribution is 7.99. The number of carbonyl (C=O) groups is 1. The van der Waals surface area contributed by atoms with Crippen molar-refractivity contribution < 1.29 is 4.79 Å². The molecule has 4 nitrogen and oxygen atoms in total. The number of nitrogens with one attached hydrogen (secondary N) is 3. The number of hydrogen-bond donors (Lipinski definition) is 3. The molecule has 1 aliphatic heterocycles. The van der Waals surface area contributed by atoms with E-state index in [2.05, 4.69) is 60.9 Å². The summed E-state index contributed by atoms with van der Waals surface area (Å²) < 4.78 is 0.233. The zero-order valence-corrected chi connectivity index (χ0v) is 17.2. The number of hydrogen-bond acceptors (Lipinski definition) is 3. The molecule has 0 bridgehead atoms. The molecule has 5 heteroatoms. The maximum absolute atomic E-state index is 12.1. The highest BCUT2D eigenvalue weighted by Gasteiger charge is 2.27. The molecular weight excluding hydrogens is 342 g/mol. The number of amides is 2. The zero-order valence-electron chi connectivity index (χ0n) is 16.4. The van der Waals surface area contributed by atoms with E-state index in [1.165, 1.54) is 24.1 Å². The molecule has 0 aromatic heterocycles. The molecule has 1 unspecified atom stereocenters. The van der Waals surface area contributed by atoms with E-state index >= 15 is 0 Å². The Kier molecular flexibility index (Phi) is 7.88. The van der Waals surface area contributed by atoms with Crippen LogP contribution in [0.4, 0.5) is 4.79 Å². The Morgan fingerprint density at radius 2 is 2.31 bits per heavy atom. The summed E-state index contributed by atoms with van der Waals surface area (Å²) in [7, 11) is 0. The first-order valence-corrected chi connectivity index (χ1v) is 10.7. The molecule has 144 valence electrons. The Hall–Kier alpha value is -1.62. The number of rotatable bonds is 7. The molecule has 2 rings (SSSR count). The Morgan fingerprint density at radius 3 is 3.04 bits per heavy atom. The third-order valence-electron chi connectivity index (χ3n) is 5.14. The second kappa shape index (κ2) is 9.91. The summed E-state index contributed by atoms with van der Waals surface area (Å²) in [4.78, 5) is 12.1. The molecule has 0 spiro atoms. The van der Waals surface area contributed by atoms with Gasteiger partial charge in [0.15, 0.2) is 0 Å². The Morgan fingerprint density at radius 1 is 1.50 bits per heavy atom. The van der Waals surface area contributed by atoms with Crippen molar-refractivity contribution >= 4 is 17.8 Å². The smallest absolute Gasteiger partial charge is 0.318 e. The third kappa shape index (κ3) is 6.60. The van der Waals surface area contributed by atoms with E-state index in [0.717, 1.165) is 43.5 Å². The molecule has 0 saturated carbocycles. The fourth-order valence-corrected chi connectivity index (χ4v) is 3.90. The van der Waals surface area contributed by atoms with Crippen molar-refractivity contribution in [2.24, 2.45) is 0 Å². The monoisotopic (exact) mass is 375 g/mol. The Balaban J connectivity index is 1.69. The molecule has 0 radical (unpaired) electrons. The molecule has 0 aromatic carbocycles. The molecule has 2 amide bonds. The highest BCUT2D eigenvalue weighted by Crippen LogP contribution is 2.37. The predicted molar refractivity (Wildman–Crippen MR) is 113 cm³/mol. The van der Waals surface area contributed by atoms with Crippen LogP contribution in [0.5, 0.6) is 0 Å². The summed E-state index contributed by atoms with van der Waals surface area (Å²) in [5.41, 5.74) is 4.68. The third-order valence-corrected chi connectivity index (χ3v) is 6.48. The lowest BCUT2D eigenvalue weighted by Gasteiger charge is -2.32. The summed E-state index contributed by atoms with van der Waals surface area (Å²) >= 11 is 1.88. The van der Waals surface area contributed by atoms with Gasteiger partial charge < -0.3 is 16.0 Å². The van der Waals surface area contributed by atoms with E-state index < -0.39 is 0 Å². The number of allylic oxidation sites excluding steroid dienone is 6. The van der Waals surface area contributed by atoms with Gasteiger partial charge in [0.2, 0.25) is 0 Å². The quantitative estimate of drug-likeness (QED) is 0.568. The van der Waals surface area contributed by atoms with Crippen LogP contribution in [0.25, 0.3) is 0 Å². The first-order valence-electron chi connectivity index (χ1n) is 9.50. The number of urea groups is 1. The van der Waals surface area contributed by atoms with Crippen molar-refractivity contribution in [2.45, 2.75) is 57.1 Å². The minimum Gasteiger partial charge on any atom is -0.388 e. The van der Waals surface area contributed by atoms with Crippen molar-refractivity contribution in [3.63, 3.8) is 0 Å². The maximum atomic E-state index is 12.1. The fourth-order valence-electron chi connectivity index (χ4n) is 3.28. The summed E-state index contributed by atoms with van der Waals surface area (Å²) in [6.45, 7) is 10.1. The molecule has 0 saturated heterocycles. The average Bonchev–Trinajstić information content (AvgIpc) is 2.61. The molecule has 1 atom stereocenters. The molecular formula is C21H33N3OS. The standard InChI is InChI=1S/C21H33N3OS/c1-16(9-10-18-7-6-13-22-17(18)2)11-14-23-20(25)24-19-8-5-12-21(3,15-19)26-4/h8-10,22H,1,5-7,11-15H2,2-4H3,(H2,23,24,25)/b10-9-. The van der Waals surface area contributed by atoms with Crippen molar-refractivity contribution in [1.82, 2.24) is 16.0 Å². The molecule has 1 heterocycles. The summed E-state index contributed by atoms with van der Waals surface area (Å²) in [5, 5.41) is 9.33. The van der Waals surface area contributed by atoms with Gasteiger partial charge in [-0.05, 0) is 50.9 Å². The molecule has 0 fully saturated rings. The van der Waals surface area contributed by atoms with Crippen LogP contribution in [-0.2, 0) is 0 Å². The van der Waals surface area contributed by atoms with Crippen LogP contribution >= 0.6 is 11.8 Å². The van der Waals surface area contributed by atoms with Crippen LogP contribution < -0.4 is 16.0 Å². The Labute approximate surface area is 162 Å². The molecule has 0 aromatic rings. The van der Waals surface area contributed by atoms with Crippen LogP contribution in [0.15, 0.2) is 47.3 Å². The normalized spacial score (nSPS) is 23.4. The van der Waals surface area contributed by atoms with Crippen molar-refractivity contribution in [1.29, 1.82) is 0 Å². The van der Waals surface area contributed by atoms with E-state index in [0.29, 0.717) is 6.54 Å². The lowest BCUT2D eigenvalue weighted by Crippen LogP contribution is -2.38. The van der Waals surface area contributed by atoms with Gasteiger partial charge >= 0.3 is 6.03 Å². The fraction of sp³-hybridized carbons (Fsp3) is 0.571. The zero-order chi connectivity index (χ0) is 19.0. The van der Waals surface area contributed by atoms with Crippen molar-refractivity contribution in [3.05, 3.63) is 47.3 Å². The van der Waals surface area contributed by atoms with Crippen LogP contribution in [-0.4, -0.2) is 30.1 Å². The SMILES string of the molecule is C=C(/C=C\C1=C(C)NCCC1)CCNC(=O)NC1=CCCC(C)(SC)C1. The van der Waals surface area contributed by atoms with E-state index in [4.69, 9.17) is 0 Å². The lowest BCUT2D eigenvalue weighted by atomic mass is 9.93. The second-order valence-corrected chi connectivity index (χ2v) is 8.80. The van der Waals surface area contributed by atoms with E-state index in [-0.39, 0.29) is 10.8 Å². The molecule has 26 heavy (non-hydrogen) atoms. The predicted octanol–water partition coefficient (Wildman–Crippen LogP) is 4.64. The first kappa shape index (κ1) is 20.7. The number of thioether (sulfide) groups is 1. The van der Waals surface area contributed by atoms with Gasteiger partial charge in [-0.25, -0.2) is 4.79 Å². The van der Waals surface area contributed by atoms with E-state index in [1.807, 2.05) is 11.8 Å². The largest absolute Gasteiger partial charge is 0.388 e. The van der Waals surface area contributed by atoms with Crippen LogP contribution in [0.2, 0.25) is 0 Å². The van der Waals surface area contributed by atoms with E-state index in [1.54, 1.807) is 0 Å². The minimum atomic E-state index is -0.117. The van der Waals surface area contributed by atoms with Gasteiger partial charge in [0.05, 0.1) is 0 Å². The van der Waals surface area contributed by atoms with Crippen LogP contribution in [0, 0.1) is 0 Å². The summed E-state index contributed by atoms with van der Waals surface area (Å²) in [6, 6.07) is -0.117. The van der Waals surface area contributed by atoms with Gasteiger partial charge in [-0.3, -0.25) is 0 Å². The van der Waals surface area contributed by atoms with E-state index in [9.17, 15) is 4.79 Å². The molecule has 1 aliphatic carbocycles. The van der Waals surface area contributed by atoms with Gasteiger partial charge in [-0.15, -0.1) is 0 Å².